The molecule has 0 saturated carbocycles. The zero-order chi connectivity index (χ0) is 13.2. The lowest BCUT2D eigenvalue weighted by Gasteiger charge is -2.32. The van der Waals surface area contributed by atoms with Crippen LogP contribution in [0.3, 0.4) is 0 Å². The Balaban J connectivity index is 2.00. The van der Waals surface area contributed by atoms with Gasteiger partial charge in [-0.25, -0.2) is 4.98 Å². The molecule has 0 amide bonds. The van der Waals surface area contributed by atoms with E-state index in [4.69, 9.17) is 0 Å². The van der Waals surface area contributed by atoms with Crippen molar-refractivity contribution in [3.05, 3.63) is 6.33 Å². The van der Waals surface area contributed by atoms with Crippen molar-refractivity contribution >= 4 is 22.9 Å². The highest BCUT2D eigenvalue weighted by Gasteiger charge is 2.23. The maximum absolute atomic E-state index is 9.34. The van der Waals surface area contributed by atoms with Crippen LogP contribution < -0.4 is 10.2 Å². The van der Waals surface area contributed by atoms with Crippen LogP contribution in [0, 0.1) is 5.92 Å². The van der Waals surface area contributed by atoms with Crippen LogP contribution in [0.15, 0.2) is 6.33 Å². The number of aliphatic hydroxyl groups is 1. The van der Waals surface area contributed by atoms with E-state index in [-0.39, 0.29) is 6.61 Å². The summed E-state index contributed by atoms with van der Waals surface area (Å²) in [6.45, 7) is 2.00. The van der Waals surface area contributed by atoms with E-state index in [1.165, 1.54) is 0 Å². The Morgan fingerprint density at radius 2 is 2.42 bits per heavy atom. The van der Waals surface area contributed by atoms with Crippen LogP contribution in [-0.4, -0.2) is 51.8 Å². The lowest BCUT2D eigenvalue weighted by Crippen LogP contribution is -2.37. The highest BCUT2D eigenvalue weighted by Crippen LogP contribution is 2.27. The number of hydrogen-bond acceptors (Lipinski definition) is 6. The van der Waals surface area contributed by atoms with E-state index < -0.39 is 0 Å². The Kier molecular flexibility index (Phi) is 3.20. The van der Waals surface area contributed by atoms with Crippen LogP contribution >= 0.6 is 0 Å². The number of aliphatic hydroxyl groups excluding tert-OH is 1. The molecule has 1 saturated heterocycles. The molecule has 1 aliphatic heterocycles. The molecule has 1 atom stereocenters. The fourth-order valence-electron chi connectivity index (χ4n) is 2.57. The molecule has 3 N–H and O–H groups in total. The van der Waals surface area contributed by atoms with Gasteiger partial charge in [-0.2, -0.15) is 9.97 Å². The Morgan fingerprint density at radius 3 is 3.21 bits per heavy atom. The summed E-state index contributed by atoms with van der Waals surface area (Å²) in [5, 5.41) is 12.3. The highest BCUT2D eigenvalue weighted by atomic mass is 16.3. The number of nitrogens with zero attached hydrogens (tertiary/aromatic N) is 4. The lowest BCUT2D eigenvalue weighted by molar-refractivity contribution is 0.208. The number of H-pyrrole nitrogens is 1. The minimum absolute atomic E-state index is 0.229. The number of rotatable bonds is 3. The van der Waals surface area contributed by atoms with E-state index in [2.05, 4.69) is 30.2 Å². The number of aromatic amines is 1. The number of nitrogens with one attached hydrogen (secondary N) is 2. The lowest BCUT2D eigenvalue weighted by atomic mass is 9.99. The summed E-state index contributed by atoms with van der Waals surface area (Å²) < 4.78 is 0. The van der Waals surface area contributed by atoms with Gasteiger partial charge in [0.1, 0.15) is 5.52 Å². The summed E-state index contributed by atoms with van der Waals surface area (Å²) in [4.78, 5) is 18.3. The van der Waals surface area contributed by atoms with Gasteiger partial charge in [-0.05, 0) is 18.8 Å². The normalized spacial score (nSPS) is 19.9. The Bertz CT molecular complexity index is 568. The first-order chi connectivity index (χ1) is 9.31. The maximum atomic E-state index is 9.34. The molecule has 1 unspecified atom stereocenters. The monoisotopic (exact) mass is 262 g/mol. The highest BCUT2D eigenvalue weighted by molar-refractivity contribution is 5.84. The molecule has 0 radical (unpaired) electrons. The average molecular weight is 262 g/mol. The smallest absolute Gasteiger partial charge is 0.226 e. The van der Waals surface area contributed by atoms with Gasteiger partial charge in [-0.3, -0.25) is 0 Å². The van der Waals surface area contributed by atoms with Crippen LogP contribution in [0.25, 0.3) is 11.2 Å². The molecule has 1 aliphatic rings. The Hall–Kier alpha value is -1.89. The van der Waals surface area contributed by atoms with E-state index >= 15 is 0 Å². The summed E-state index contributed by atoms with van der Waals surface area (Å²) in [6.07, 6.45) is 3.78. The van der Waals surface area contributed by atoms with Gasteiger partial charge in [0.2, 0.25) is 5.95 Å². The number of fused-ring (bicyclic) bond motifs is 1. The molecule has 0 aromatic carbocycles. The van der Waals surface area contributed by atoms with E-state index in [0.717, 1.165) is 37.3 Å². The van der Waals surface area contributed by atoms with Gasteiger partial charge in [0.25, 0.3) is 0 Å². The van der Waals surface area contributed by atoms with Gasteiger partial charge in [-0.15, -0.1) is 0 Å². The van der Waals surface area contributed by atoms with Gasteiger partial charge in [-0.1, -0.05) is 0 Å². The summed E-state index contributed by atoms with van der Waals surface area (Å²) in [7, 11) is 1.80. The zero-order valence-electron chi connectivity index (χ0n) is 10.9. The van der Waals surface area contributed by atoms with E-state index in [9.17, 15) is 5.11 Å². The summed E-state index contributed by atoms with van der Waals surface area (Å²) in [6, 6.07) is 0. The fraction of sp³-hybridized carbons (Fsp3) is 0.583. The van der Waals surface area contributed by atoms with Gasteiger partial charge in [0, 0.05) is 26.7 Å². The molecule has 1 fully saturated rings. The SMILES string of the molecule is CNc1nc(N2CCCC(CO)C2)c2[nH]cnc2n1. The maximum Gasteiger partial charge on any atom is 0.226 e. The van der Waals surface area contributed by atoms with Crippen molar-refractivity contribution in [1.82, 2.24) is 19.9 Å². The predicted octanol–water partition coefficient (Wildman–Crippen LogP) is 0.603. The molecular weight excluding hydrogens is 244 g/mol. The van der Waals surface area contributed by atoms with Crippen molar-refractivity contribution in [1.29, 1.82) is 0 Å². The number of hydrogen-bond donors (Lipinski definition) is 3. The molecule has 7 nitrogen and oxygen atoms in total. The minimum Gasteiger partial charge on any atom is -0.396 e. The molecule has 2 aromatic rings. The molecule has 0 bridgehead atoms. The molecular formula is C12H18N6O. The second kappa shape index (κ2) is 5.00. The number of anilines is 2. The second-order valence-electron chi connectivity index (χ2n) is 4.86. The van der Waals surface area contributed by atoms with Crippen molar-refractivity contribution in [2.24, 2.45) is 5.92 Å². The largest absolute Gasteiger partial charge is 0.396 e. The Morgan fingerprint density at radius 1 is 1.53 bits per heavy atom. The van der Waals surface area contributed by atoms with Crippen LogP contribution in [0.2, 0.25) is 0 Å². The van der Waals surface area contributed by atoms with Crippen LogP contribution in [0.1, 0.15) is 12.8 Å². The van der Waals surface area contributed by atoms with Crippen LogP contribution in [0.5, 0.6) is 0 Å². The molecule has 102 valence electrons. The van der Waals surface area contributed by atoms with Gasteiger partial charge < -0.3 is 20.3 Å². The van der Waals surface area contributed by atoms with Crippen LogP contribution in [-0.2, 0) is 0 Å². The molecule has 2 aromatic heterocycles. The first-order valence-corrected chi connectivity index (χ1v) is 6.56. The number of imidazole rings is 1. The second-order valence-corrected chi connectivity index (χ2v) is 4.86. The first kappa shape index (κ1) is 12.2. The number of aromatic nitrogens is 4. The summed E-state index contributed by atoms with van der Waals surface area (Å²) in [5.41, 5.74) is 1.53. The summed E-state index contributed by atoms with van der Waals surface area (Å²) in [5.74, 6) is 1.76. The van der Waals surface area contributed by atoms with Crippen molar-refractivity contribution in [3.63, 3.8) is 0 Å². The Labute approximate surface area is 111 Å². The predicted molar refractivity (Wildman–Crippen MR) is 73.3 cm³/mol. The van der Waals surface area contributed by atoms with E-state index in [1.807, 2.05) is 0 Å². The fourth-order valence-corrected chi connectivity index (χ4v) is 2.57. The van der Waals surface area contributed by atoms with E-state index in [0.29, 0.717) is 17.5 Å². The van der Waals surface area contributed by atoms with Crippen LogP contribution in [0.4, 0.5) is 11.8 Å². The average Bonchev–Trinajstić information content (AvgIpc) is 2.94. The topological polar surface area (TPSA) is 90.0 Å². The van der Waals surface area contributed by atoms with Crippen molar-refractivity contribution in [3.8, 4) is 0 Å². The standard InChI is InChI=1S/C12H18N6O/c1-13-12-16-10-9(14-7-15-10)11(17-12)18-4-2-3-8(5-18)6-19/h7-8,19H,2-6H2,1H3,(H2,13,14,15,16,17). The zero-order valence-corrected chi connectivity index (χ0v) is 10.9. The third-order valence-electron chi connectivity index (χ3n) is 3.57. The molecule has 7 heteroatoms. The molecule has 0 aliphatic carbocycles. The third kappa shape index (κ3) is 2.21. The minimum atomic E-state index is 0.229. The molecule has 3 heterocycles. The van der Waals surface area contributed by atoms with Gasteiger partial charge in [0.05, 0.1) is 6.33 Å². The van der Waals surface area contributed by atoms with Crippen molar-refractivity contribution in [2.45, 2.75) is 12.8 Å². The van der Waals surface area contributed by atoms with E-state index in [1.54, 1.807) is 13.4 Å². The van der Waals surface area contributed by atoms with Crippen molar-refractivity contribution < 1.29 is 5.11 Å². The third-order valence-corrected chi connectivity index (χ3v) is 3.57. The number of piperidine rings is 1. The van der Waals surface area contributed by atoms with Gasteiger partial charge >= 0.3 is 0 Å². The molecule has 0 spiro atoms. The molecule has 3 rings (SSSR count). The molecule has 19 heavy (non-hydrogen) atoms. The quantitative estimate of drug-likeness (QED) is 0.750. The van der Waals surface area contributed by atoms with Crippen molar-refractivity contribution in [2.75, 3.05) is 37.0 Å². The van der Waals surface area contributed by atoms with Gasteiger partial charge in [0.15, 0.2) is 11.5 Å². The summed E-state index contributed by atoms with van der Waals surface area (Å²) >= 11 is 0. The first-order valence-electron chi connectivity index (χ1n) is 6.56.